The van der Waals surface area contributed by atoms with Gasteiger partial charge in [-0.15, -0.1) is 0 Å². The summed E-state index contributed by atoms with van der Waals surface area (Å²) in [5.74, 6) is 1.33. The maximum absolute atomic E-state index is 12.9. The lowest BCUT2D eigenvalue weighted by molar-refractivity contribution is -0.137. The first-order valence-electron chi connectivity index (χ1n) is 12.2. The molecule has 2 aromatic carbocycles. The standard InChI is InChI=1S/C27H32F3N5O2/c1-18-24(33-25(32-18)20-6-8-21(9-7-20)27(28,29)30)17-34-14-12-22(13-15-34)35(26(36)31-2)16-19-4-10-23(37-3)11-5-19/h4-11,22H,12-17H2,1-3H3,(H,31,36)(H,32,33). The maximum Gasteiger partial charge on any atom is 0.416 e. The summed E-state index contributed by atoms with van der Waals surface area (Å²) in [6, 6.07) is 12.8. The van der Waals surface area contributed by atoms with Crippen LogP contribution in [0.1, 0.15) is 35.4 Å². The van der Waals surface area contributed by atoms with Crippen molar-refractivity contribution in [2.24, 2.45) is 0 Å². The van der Waals surface area contributed by atoms with Crippen molar-refractivity contribution < 1.29 is 22.7 Å². The van der Waals surface area contributed by atoms with Crippen LogP contribution < -0.4 is 10.1 Å². The van der Waals surface area contributed by atoms with Gasteiger partial charge in [0.15, 0.2) is 0 Å². The molecule has 2 N–H and O–H groups in total. The predicted molar refractivity (Wildman–Crippen MR) is 135 cm³/mol. The van der Waals surface area contributed by atoms with E-state index in [0.29, 0.717) is 24.5 Å². The molecule has 0 saturated carbocycles. The second-order valence-electron chi connectivity index (χ2n) is 9.27. The maximum atomic E-state index is 12.9. The number of amides is 2. The van der Waals surface area contributed by atoms with Crippen molar-refractivity contribution in [2.75, 3.05) is 27.2 Å². The van der Waals surface area contributed by atoms with Crippen molar-refractivity contribution in [3.05, 3.63) is 71.0 Å². The molecule has 7 nitrogen and oxygen atoms in total. The fraction of sp³-hybridized carbons (Fsp3) is 0.407. The number of nitrogens with zero attached hydrogens (tertiary/aromatic N) is 3. The number of hydrogen-bond donors (Lipinski definition) is 2. The Morgan fingerprint density at radius 3 is 2.35 bits per heavy atom. The number of benzene rings is 2. The van der Waals surface area contributed by atoms with Gasteiger partial charge in [-0.05, 0) is 49.6 Å². The fourth-order valence-electron chi connectivity index (χ4n) is 4.64. The van der Waals surface area contributed by atoms with E-state index >= 15 is 0 Å². The van der Waals surface area contributed by atoms with E-state index in [9.17, 15) is 18.0 Å². The molecule has 0 aliphatic carbocycles. The normalized spacial score (nSPS) is 15.0. The molecule has 4 rings (SSSR count). The first kappa shape index (κ1) is 26.5. The van der Waals surface area contributed by atoms with Crippen molar-refractivity contribution in [3.8, 4) is 17.1 Å². The van der Waals surface area contributed by atoms with Crippen molar-refractivity contribution in [1.82, 2.24) is 25.1 Å². The average molecular weight is 516 g/mol. The van der Waals surface area contributed by atoms with E-state index in [1.54, 1.807) is 14.2 Å². The number of alkyl halides is 3. The van der Waals surface area contributed by atoms with Gasteiger partial charge in [-0.3, -0.25) is 4.90 Å². The monoisotopic (exact) mass is 515 g/mol. The van der Waals surface area contributed by atoms with E-state index in [1.807, 2.05) is 36.1 Å². The smallest absolute Gasteiger partial charge is 0.416 e. The van der Waals surface area contributed by atoms with Gasteiger partial charge in [0.25, 0.3) is 0 Å². The number of methoxy groups -OCH3 is 1. The summed E-state index contributed by atoms with van der Waals surface area (Å²) in [6.07, 6.45) is -2.70. The molecule has 1 aliphatic rings. The predicted octanol–water partition coefficient (Wildman–Crippen LogP) is 5.22. The van der Waals surface area contributed by atoms with Gasteiger partial charge in [-0.25, -0.2) is 9.78 Å². The number of urea groups is 1. The minimum Gasteiger partial charge on any atom is -0.497 e. The third-order valence-corrected chi connectivity index (χ3v) is 6.83. The van der Waals surface area contributed by atoms with Gasteiger partial charge in [0.2, 0.25) is 0 Å². The summed E-state index contributed by atoms with van der Waals surface area (Å²) < 4.78 is 43.8. The number of aromatic nitrogens is 2. The zero-order valence-electron chi connectivity index (χ0n) is 21.2. The molecular weight excluding hydrogens is 483 g/mol. The summed E-state index contributed by atoms with van der Waals surface area (Å²) >= 11 is 0. The lowest BCUT2D eigenvalue weighted by Crippen LogP contribution is -2.49. The molecule has 0 spiro atoms. The van der Waals surface area contributed by atoms with Crippen LogP contribution in [0.2, 0.25) is 0 Å². The molecule has 1 aliphatic heterocycles. The number of imidazole rings is 1. The number of H-pyrrole nitrogens is 1. The highest BCUT2D eigenvalue weighted by Crippen LogP contribution is 2.31. The van der Waals surface area contributed by atoms with Crippen LogP contribution in [-0.4, -0.2) is 59.1 Å². The number of aryl methyl sites for hydroxylation is 1. The Labute approximate surface area is 214 Å². The van der Waals surface area contributed by atoms with Gasteiger partial charge in [0, 0.05) is 50.5 Å². The SMILES string of the molecule is CNC(=O)N(Cc1ccc(OC)cc1)C1CCN(Cc2nc(-c3ccc(C(F)(F)F)cc3)[nH]c2C)CC1. The Kier molecular flexibility index (Phi) is 8.06. The molecule has 1 saturated heterocycles. The van der Waals surface area contributed by atoms with Crippen LogP contribution in [0.3, 0.4) is 0 Å². The third-order valence-electron chi connectivity index (χ3n) is 6.83. The molecule has 10 heteroatoms. The van der Waals surface area contributed by atoms with E-state index in [4.69, 9.17) is 4.74 Å². The zero-order valence-corrected chi connectivity index (χ0v) is 21.2. The Bertz CT molecular complexity index is 1180. The number of ether oxygens (including phenoxy) is 1. The van der Waals surface area contributed by atoms with Crippen LogP contribution in [0.15, 0.2) is 48.5 Å². The fourth-order valence-corrected chi connectivity index (χ4v) is 4.64. The van der Waals surface area contributed by atoms with Crippen molar-refractivity contribution in [1.29, 1.82) is 0 Å². The molecule has 37 heavy (non-hydrogen) atoms. The largest absolute Gasteiger partial charge is 0.497 e. The van der Waals surface area contributed by atoms with E-state index in [2.05, 4.69) is 20.2 Å². The van der Waals surface area contributed by atoms with Gasteiger partial charge in [-0.1, -0.05) is 24.3 Å². The number of rotatable bonds is 7. The number of halogens is 3. The molecule has 0 atom stereocenters. The molecule has 198 valence electrons. The highest BCUT2D eigenvalue weighted by atomic mass is 19.4. The molecule has 3 aromatic rings. The van der Waals surface area contributed by atoms with Gasteiger partial charge in [0.1, 0.15) is 11.6 Å². The minimum absolute atomic E-state index is 0.0985. The highest BCUT2D eigenvalue weighted by molar-refractivity contribution is 5.74. The van der Waals surface area contributed by atoms with Crippen molar-refractivity contribution in [3.63, 3.8) is 0 Å². The van der Waals surface area contributed by atoms with Crippen LogP contribution in [-0.2, 0) is 19.3 Å². The number of nitrogens with one attached hydrogen (secondary N) is 2. The summed E-state index contributed by atoms with van der Waals surface area (Å²) in [7, 11) is 3.27. The van der Waals surface area contributed by atoms with E-state index in [1.165, 1.54) is 12.1 Å². The van der Waals surface area contributed by atoms with Crippen LogP contribution >= 0.6 is 0 Å². The second kappa shape index (κ2) is 11.2. The topological polar surface area (TPSA) is 73.5 Å². The number of hydrogen-bond acceptors (Lipinski definition) is 4. The minimum atomic E-state index is -4.36. The summed E-state index contributed by atoms with van der Waals surface area (Å²) in [5.41, 5.74) is 2.73. The quantitative estimate of drug-likeness (QED) is 0.453. The molecule has 0 unspecified atom stereocenters. The summed E-state index contributed by atoms with van der Waals surface area (Å²) in [6.45, 7) is 4.69. The Balaban J connectivity index is 1.37. The van der Waals surface area contributed by atoms with Crippen molar-refractivity contribution >= 4 is 6.03 Å². The summed E-state index contributed by atoms with van der Waals surface area (Å²) in [4.78, 5) is 24.7. The number of carbonyl (C=O) groups is 1. The molecular formula is C27H32F3N5O2. The molecule has 1 aromatic heterocycles. The van der Waals surface area contributed by atoms with Crippen molar-refractivity contribution in [2.45, 2.75) is 45.1 Å². The number of carbonyl (C=O) groups excluding carboxylic acids is 1. The van der Waals surface area contributed by atoms with Gasteiger partial charge in [0.05, 0.1) is 18.4 Å². The van der Waals surface area contributed by atoms with Gasteiger partial charge < -0.3 is 19.9 Å². The Hall–Kier alpha value is -3.53. The number of aromatic amines is 1. The van der Waals surface area contributed by atoms with Crippen LogP contribution in [0.25, 0.3) is 11.4 Å². The average Bonchev–Trinajstić information content (AvgIpc) is 3.27. The Morgan fingerprint density at radius 2 is 1.78 bits per heavy atom. The van der Waals surface area contributed by atoms with E-state index in [-0.39, 0.29) is 12.1 Å². The first-order chi connectivity index (χ1) is 17.7. The lowest BCUT2D eigenvalue weighted by atomic mass is 10.0. The van der Waals surface area contributed by atoms with E-state index in [0.717, 1.165) is 60.8 Å². The van der Waals surface area contributed by atoms with Gasteiger partial charge in [-0.2, -0.15) is 13.2 Å². The third kappa shape index (κ3) is 6.43. The van der Waals surface area contributed by atoms with Crippen LogP contribution in [0.5, 0.6) is 5.75 Å². The Morgan fingerprint density at radius 1 is 1.14 bits per heavy atom. The second-order valence-corrected chi connectivity index (χ2v) is 9.27. The van der Waals surface area contributed by atoms with Gasteiger partial charge >= 0.3 is 12.2 Å². The lowest BCUT2D eigenvalue weighted by Gasteiger charge is -2.38. The molecule has 0 radical (unpaired) electrons. The first-order valence-corrected chi connectivity index (χ1v) is 12.2. The zero-order chi connectivity index (χ0) is 26.6. The van der Waals surface area contributed by atoms with Crippen LogP contribution in [0, 0.1) is 6.92 Å². The van der Waals surface area contributed by atoms with Crippen LogP contribution in [0.4, 0.5) is 18.0 Å². The molecule has 1 fully saturated rings. The number of piperidine rings is 1. The highest BCUT2D eigenvalue weighted by Gasteiger charge is 2.30. The molecule has 2 heterocycles. The summed E-state index contributed by atoms with van der Waals surface area (Å²) in [5, 5.41) is 2.77. The molecule has 2 amide bonds. The number of likely N-dealkylation sites (tertiary alicyclic amines) is 1. The van der Waals surface area contributed by atoms with E-state index < -0.39 is 11.7 Å². The molecule has 0 bridgehead atoms.